The maximum atomic E-state index is 13.2. The Hall–Kier alpha value is -1.77. The Morgan fingerprint density at radius 2 is 2.00 bits per heavy atom. The second-order valence-electron chi connectivity index (χ2n) is 2.88. The van der Waals surface area contributed by atoms with Crippen LogP contribution in [0, 0.1) is 0 Å². The lowest BCUT2D eigenvalue weighted by molar-refractivity contribution is 0.750. The van der Waals surface area contributed by atoms with Crippen LogP contribution in [-0.4, -0.2) is 9.97 Å². The molecule has 3 heteroatoms. The molecule has 0 spiro atoms. The smallest absolute Gasteiger partial charge is 0.146 e. The highest BCUT2D eigenvalue weighted by atomic mass is 19.1. The average Bonchev–Trinajstić information content (AvgIpc) is 2.27. The number of halogens is 1. The Kier molecular flexibility index (Phi) is 2.23. The second kappa shape index (κ2) is 3.54. The molecular weight excluding hydrogens is 179 g/mol. The number of nitrogens with zero attached hydrogens (tertiary/aromatic N) is 2. The Morgan fingerprint density at radius 1 is 1.29 bits per heavy atom. The van der Waals surface area contributed by atoms with Crippen LogP contribution in [0.4, 0.5) is 4.39 Å². The van der Waals surface area contributed by atoms with E-state index in [1.54, 1.807) is 6.92 Å². The predicted molar refractivity (Wildman–Crippen MR) is 54.3 cm³/mol. The fourth-order valence-corrected chi connectivity index (χ4v) is 1.22. The first-order chi connectivity index (χ1) is 6.81. The Labute approximate surface area is 81.1 Å². The van der Waals surface area contributed by atoms with Crippen molar-refractivity contribution < 1.29 is 4.39 Å². The normalized spacial score (nSPS) is 12.0. The van der Waals surface area contributed by atoms with Crippen LogP contribution in [0.2, 0.25) is 0 Å². The highest BCUT2D eigenvalue weighted by molar-refractivity contribution is 5.75. The van der Waals surface area contributed by atoms with E-state index >= 15 is 0 Å². The van der Waals surface area contributed by atoms with Gasteiger partial charge in [-0.2, -0.15) is 0 Å². The number of rotatable bonds is 1. The highest BCUT2D eigenvalue weighted by Gasteiger charge is 2.02. The minimum absolute atomic E-state index is 0.284. The zero-order valence-electron chi connectivity index (χ0n) is 7.74. The molecule has 2 rings (SSSR count). The van der Waals surface area contributed by atoms with Crippen molar-refractivity contribution in [1.29, 1.82) is 0 Å². The monoisotopic (exact) mass is 188 g/mol. The summed E-state index contributed by atoms with van der Waals surface area (Å²) < 4.78 is 13.2. The van der Waals surface area contributed by atoms with Crippen molar-refractivity contribution in [3.05, 3.63) is 42.2 Å². The van der Waals surface area contributed by atoms with Gasteiger partial charge in [-0.25, -0.2) is 9.37 Å². The van der Waals surface area contributed by atoms with Gasteiger partial charge in [0.25, 0.3) is 0 Å². The molecule has 1 heterocycles. The van der Waals surface area contributed by atoms with Gasteiger partial charge in [0, 0.05) is 0 Å². The van der Waals surface area contributed by atoms with Gasteiger partial charge in [-0.3, -0.25) is 4.98 Å². The molecular formula is C11H9FN2. The first-order valence-electron chi connectivity index (χ1n) is 4.35. The van der Waals surface area contributed by atoms with Gasteiger partial charge in [-0.05, 0) is 25.1 Å². The van der Waals surface area contributed by atoms with E-state index < -0.39 is 0 Å². The molecule has 14 heavy (non-hydrogen) atoms. The van der Waals surface area contributed by atoms with Gasteiger partial charge < -0.3 is 0 Å². The molecule has 0 atom stereocenters. The molecule has 0 bridgehead atoms. The lowest BCUT2D eigenvalue weighted by Gasteiger charge is -1.98. The summed E-state index contributed by atoms with van der Waals surface area (Å²) in [5.74, 6) is -0.344. The molecule has 0 aliphatic carbocycles. The summed E-state index contributed by atoms with van der Waals surface area (Å²) in [5, 5.41) is 0. The summed E-state index contributed by atoms with van der Waals surface area (Å²) in [6.07, 6.45) is 2.82. The van der Waals surface area contributed by atoms with Crippen LogP contribution in [-0.2, 0) is 0 Å². The van der Waals surface area contributed by atoms with Gasteiger partial charge in [0.15, 0.2) is 0 Å². The fourth-order valence-electron chi connectivity index (χ4n) is 1.22. The van der Waals surface area contributed by atoms with E-state index in [0.717, 1.165) is 5.52 Å². The van der Waals surface area contributed by atoms with Crippen molar-refractivity contribution in [1.82, 2.24) is 9.97 Å². The van der Waals surface area contributed by atoms with E-state index in [1.807, 2.05) is 24.3 Å². The molecule has 0 unspecified atom stereocenters. The SMILES string of the molecule is C/C=C(\F)c1cnc2ccccc2n1. The summed E-state index contributed by atoms with van der Waals surface area (Å²) in [6.45, 7) is 1.63. The molecule has 1 aromatic heterocycles. The van der Waals surface area contributed by atoms with Crippen LogP contribution in [0.1, 0.15) is 12.6 Å². The summed E-state index contributed by atoms with van der Waals surface area (Å²) >= 11 is 0. The van der Waals surface area contributed by atoms with Gasteiger partial charge in [0.05, 0.1) is 17.2 Å². The molecule has 0 saturated heterocycles. The van der Waals surface area contributed by atoms with E-state index in [2.05, 4.69) is 9.97 Å². The number of hydrogen-bond acceptors (Lipinski definition) is 2. The van der Waals surface area contributed by atoms with Crippen LogP contribution in [0.3, 0.4) is 0 Å². The maximum absolute atomic E-state index is 13.2. The van der Waals surface area contributed by atoms with Crippen LogP contribution in [0.25, 0.3) is 16.9 Å². The zero-order valence-corrected chi connectivity index (χ0v) is 7.74. The van der Waals surface area contributed by atoms with Crippen molar-refractivity contribution in [2.75, 3.05) is 0 Å². The lowest BCUT2D eigenvalue weighted by Crippen LogP contribution is -1.89. The van der Waals surface area contributed by atoms with Crippen molar-refractivity contribution >= 4 is 16.9 Å². The number of para-hydroxylation sites is 2. The van der Waals surface area contributed by atoms with Gasteiger partial charge in [-0.1, -0.05) is 12.1 Å². The van der Waals surface area contributed by atoms with E-state index in [-0.39, 0.29) is 11.5 Å². The Bertz CT molecular complexity index is 491. The molecule has 1 aromatic carbocycles. The van der Waals surface area contributed by atoms with E-state index in [1.165, 1.54) is 12.3 Å². The van der Waals surface area contributed by atoms with Crippen molar-refractivity contribution in [3.63, 3.8) is 0 Å². The minimum atomic E-state index is -0.344. The fraction of sp³-hybridized carbons (Fsp3) is 0.0909. The third-order valence-electron chi connectivity index (χ3n) is 1.95. The predicted octanol–water partition coefficient (Wildman–Crippen LogP) is 2.96. The van der Waals surface area contributed by atoms with E-state index in [4.69, 9.17) is 0 Å². The van der Waals surface area contributed by atoms with Crippen molar-refractivity contribution in [2.24, 2.45) is 0 Å². The molecule has 0 radical (unpaired) electrons. The van der Waals surface area contributed by atoms with Crippen molar-refractivity contribution in [3.8, 4) is 0 Å². The largest absolute Gasteiger partial charge is 0.252 e. The average molecular weight is 188 g/mol. The molecule has 0 saturated carbocycles. The zero-order chi connectivity index (χ0) is 9.97. The van der Waals surface area contributed by atoms with Gasteiger partial charge in [0.1, 0.15) is 11.5 Å². The Balaban J connectivity index is 2.62. The number of aromatic nitrogens is 2. The molecule has 0 amide bonds. The van der Waals surface area contributed by atoms with Gasteiger partial charge in [-0.15, -0.1) is 0 Å². The molecule has 0 N–H and O–H groups in total. The Morgan fingerprint density at radius 3 is 2.71 bits per heavy atom. The van der Waals surface area contributed by atoms with E-state index in [0.29, 0.717) is 5.52 Å². The van der Waals surface area contributed by atoms with Crippen LogP contribution in [0.15, 0.2) is 36.5 Å². The number of hydrogen-bond donors (Lipinski definition) is 0. The number of allylic oxidation sites excluding steroid dienone is 1. The molecule has 2 aromatic rings. The first kappa shape index (κ1) is 8.81. The quantitative estimate of drug-likeness (QED) is 0.687. The van der Waals surface area contributed by atoms with Gasteiger partial charge in [0.2, 0.25) is 0 Å². The highest BCUT2D eigenvalue weighted by Crippen LogP contribution is 2.15. The van der Waals surface area contributed by atoms with Crippen LogP contribution >= 0.6 is 0 Å². The standard InChI is InChI=1S/C11H9FN2/c1-2-8(12)11-7-13-9-5-3-4-6-10(9)14-11/h2-7H,1H3/b8-2-. The molecule has 0 aliphatic heterocycles. The summed E-state index contributed by atoms with van der Waals surface area (Å²) in [7, 11) is 0. The minimum Gasteiger partial charge on any atom is -0.252 e. The van der Waals surface area contributed by atoms with Crippen molar-refractivity contribution in [2.45, 2.75) is 6.92 Å². The second-order valence-corrected chi connectivity index (χ2v) is 2.88. The molecule has 0 aliphatic rings. The van der Waals surface area contributed by atoms with Gasteiger partial charge >= 0.3 is 0 Å². The molecule has 0 fully saturated rings. The number of benzene rings is 1. The van der Waals surface area contributed by atoms with Crippen LogP contribution in [0.5, 0.6) is 0 Å². The number of fused-ring (bicyclic) bond motifs is 1. The third kappa shape index (κ3) is 1.48. The maximum Gasteiger partial charge on any atom is 0.146 e. The topological polar surface area (TPSA) is 25.8 Å². The summed E-state index contributed by atoms with van der Waals surface area (Å²) in [4.78, 5) is 8.25. The first-order valence-corrected chi connectivity index (χ1v) is 4.35. The lowest BCUT2D eigenvalue weighted by atomic mass is 10.3. The van der Waals surface area contributed by atoms with E-state index in [9.17, 15) is 4.39 Å². The molecule has 70 valence electrons. The summed E-state index contributed by atoms with van der Waals surface area (Å²) in [6, 6.07) is 7.39. The third-order valence-corrected chi connectivity index (χ3v) is 1.95. The van der Waals surface area contributed by atoms with Crippen LogP contribution < -0.4 is 0 Å². The molecule has 2 nitrogen and oxygen atoms in total. The summed E-state index contributed by atoms with van der Waals surface area (Å²) in [5.41, 5.74) is 1.77.